The van der Waals surface area contributed by atoms with Crippen molar-refractivity contribution in [1.29, 1.82) is 0 Å². The fraction of sp³-hybridized carbons (Fsp3) is 0.588. The first kappa shape index (κ1) is 16.8. The van der Waals surface area contributed by atoms with Gasteiger partial charge in [-0.05, 0) is 12.0 Å². The van der Waals surface area contributed by atoms with Gasteiger partial charge in [0.1, 0.15) is 6.61 Å². The summed E-state index contributed by atoms with van der Waals surface area (Å²) < 4.78 is 10.6. The van der Waals surface area contributed by atoms with Crippen LogP contribution in [0, 0.1) is 0 Å². The fourth-order valence-corrected chi connectivity index (χ4v) is 2.85. The van der Waals surface area contributed by atoms with Gasteiger partial charge in [0, 0.05) is 7.11 Å². The Morgan fingerprint density at radius 2 is 2.09 bits per heavy atom. The Kier molecular flexibility index (Phi) is 6.21. The SMILES string of the molecule is CCCCC[C@@H](O)[C@@H](OC)N1C(=O)OC[C@H]1c1ccccc1. The first-order valence-corrected chi connectivity index (χ1v) is 7.90. The van der Waals surface area contributed by atoms with Crippen LogP contribution in [0.25, 0.3) is 0 Å². The van der Waals surface area contributed by atoms with Crippen LogP contribution in [0.2, 0.25) is 0 Å². The molecule has 0 saturated carbocycles. The number of aliphatic hydroxyl groups is 1. The van der Waals surface area contributed by atoms with E-state index in [1.54, 1.807) is 0 Å². The molecule has 0 bridgehead atoms. The predicted molar refractivity (Wildman–Crippen MR) is 83.3 cm³/mol. The van der Waals surface area contributed by atoms with Crippen molar-refractivity contribution in [3.63, 3.8) is 0 Å². The van der Waals surface area contributed by atoms with Gasteiger partial charge in [0.25, 0.3) is 0 Å². The van der Waals surface area contributed by atoms with E-state index in [0.29, 0.717) is 6.42 Å². The fourth-order valence-electron chi connectivity index (χ4n) is 2.85. The van der Waals surface area contributed by atoms with Crippen molar-refractivity contribution >= 4 is 6.09 Å². The van der Waals surface area contributed by atoms with Gasteiger partial charge < -0.3 is 14.6 Å². The summed E-state index contributed by atoms with van der Waals surface area (Å²) in [7, 11) is 1.52. The third-order valence-corrected chi connectivity index (χ3v) is 4.04. The number of carbonyl (C=O) groups is 1. The molecule has 0 aromatic heterocycles. The van der Waals surface area contributed by atoms with Gasteiger partial charge in [-0.3, -0.25) is 4.90 Å². The third kappa shape index (κ3) is 3.78. The van der Waals surface area contributed by atoms with Gasteiger partial charge in [0.15, 0.2) is 6.23 Å². The Labute approximate surface area is 131 Å². The molecule has 1 aromatic rings. The molecule has 3 atom stereocenters. The molecule has 1 fully saturated rings. The average Bonchev–Trinajstić information content (AvgIpc) is 2.91. The molecule has 2 rings (SSSR count). The summed E-state index contributed by atoms with van der Waals surface area (Å²) in [5.74, 6) is 0. The van der Waals surface area contributed by atoms with Gasteiger partial charge in [0.05, 0.1) is 12.1 Å². The molecule has 5 nitrogen and oxygen atoms in total. The number of nitrogens with zero attached hydrogens (tertiary/aromatic N) is 1. The molecule has 1 amide bonds. The maximum Gasteiger partial charge on any atom is 0.412 e. The zero-order chi connectivity index (χ0) is 15.9. The molecule has 1 aliphatic rings. The van der Waals surface area contributed by atoms with Crippen molar-refractivity contribution in [3.8, 4) is 0 Å². The van der Waals surface area contributed by atoms with Crippen LogP contribution in [-0.4, -0.2) is 42.1 Å². The highest BCUT2D eigenvalue weighted by molar-refractivity contribution is 5.71. The van der Waals surface area contributed by atoms with E-state index in [4.69, 9.17) is 9.47 Å². The Balaban J connectivity index is 2.12. The summed E-state index contributed by atoms with van der Waals surface area (Å²) in [5, 5.41) is 10.4. The molecule has 0 radical (unpaired) electrons. The Morgan fingerprint density at radius 3 is 2.73 bits per heavy atom. The van der Waals surface area contributed by atoms with Crippen molar-refractivity contribution in [2.24, 2.45) is 0 Å². The van der Waals surface area contributed by atoms with E-state index in [1.807, 2.05) is 30.3 Å². The summed E-state index contributed by atoms with van der Waals surface area (Å²) in [4.78, 5) is 13.6. The quantitative estimate of drug-likeness (QED) is 0.750. The topological polar surface area (TPSA) is 59.0 Å². The molecular formula is C17H25NO4. The van der Waals surface area contributed by atoms with Crippen LogP contribution < -0.4 is 0 Å². The van der Waals surface area contributed by atoms with Crippen molar-refractivity contribution < 1.29 is 19.4 Å². The second kappa shape index (κ2) is 8.15. The predicted octanol–water partition coefficient (Wildman–Crippen LogP) is 3.09. The Hall–Kier alpha value is -1.59. The standard InChI is InChI=1S/C17H25NO4/c1-3-4-6-11-15(19)16(21-2)18-14(12-22-17(18)20)13-9-7-5-8-10-13/h5,7-10,14-16,19H,3-4,6,11-12H2,1-2H3/t14-,15+,16+/m0/s1. The minimum Gasteiger partial charge on any atom is -0.447 e. The molecule has 5 heteroatoms. The van der Waals surface area contributed by atoms with E-state index in [1.165, 1.54) is 12.0 Å². The number of hydrogen-bond donors (Lipinski definition) is 1. The molecule has 1 N–H and O–H groups in total. The van der Waals surface area contributed by atoms with Gasteiger partial charge in [0.2, 0.25) is 0 Å². The summed E-state index contributed by atoms with van der Waals surface area (Å²) in [6.07, 6.45) is 1.83. The van der Waals surface area contributed by atoms with Crippen LogP contribution in [0.4, 0.5) is 4.79 Å². The number of ether oxygens (including phenoxy) is 2. The molecule has 1 saturated heterocycles. The molecule has 1 heterocycles. The molecule has 0 spiro atoms. The maximum absolute atomic E-state index is 12.1. The van der Waals surface area contributed by atoms with E-state index < -0.39 is 18.4 Å². The highest BCUT2D eigenvalue weighted by Gasteiger charge is 2.41. The van der Waals surface area contributed by atoms with Crippen molar-refractivity contribution in [2.75, 3.05) is 13.7 Å². The summed E-state index contributed by atoms with van der Waals surface area (Å²) in [5.41, 5.74) is 0.983. The normalized spacial score (nSPS) is 20.8. The number of benzene rings is 1. The highest BCUT2D eigenvalue weighted by atomic mass is 16.6. The molecule has 1 aliphatic heterocycles. The zero-order valence-electron chi connectivity index (χ0n) is 13.3. The molecule has 1 aromatic carbocycles. The Morgan fingerprint density at radius 1 is 1.36 bits per heavy atom. The average molecular weight is 307 g/mol. The second-order valence-corrected chi connectivity index (χ2v) is 5.60. The monoisotopic (exact) mass is 307 g/mol. The van der Waals surface area contributed by atoms with Crippen LogP contribution in [0.15, 0.2) is 30.3 Å². The zero-order valence-corrected chi connectivity index (χ0v) is 13.3. The molecule has 22 heavy (non-hydrogen) atoms. The number of amides is 1. The van der Waals surface area contributed by atoms with Crippen LogP contribution in [-0.2, 0) is 9.47 Å². The summed E-state index contributed by atoms with van der Waals surface area (Å²) >= 11 is 0. The third-order valence-electron chi connectivity index (χ3n) is 4.04. The van der Waals surface area contributed by atoms with Crippen LogP contribution in [0.5, 0.6) is 0 Å². The van der Waals surface area contributed by atoms with E-state index in [-0.39, 0.29) is 12.6 Å². The van der Waals surface area contributed by atoms with E-state index in [2.05, 4.69) is 6.92 Å². The van der Waals surface area contributed by atoms with Gasteiger partial charge in [-0.25, -0.2) is 4.79 Å². The number of cyclic esters (lactones) is 1. The first-order valence-electron chi connectivity index (χ1n) is 7.90. The minimum atomic E-state index is -0.714. The number of carbonyl (C=O) groups excluding carboxylic acids is 1. The lowest BCUT2D eigenvalue weighted by Crippen LogP contribution is -2.46. The second-order valence-electron chi connectivity index (χ2n) is 5.60. The number of aliphatic hydroxyl groups excluding tert-OH is 1. The number of rotatable bonds is 8. The van der Waals surface area contributed by atoms with Crippen molar-refractivity contribution in [1.82, 2.24) is 4.90 Å². The number of hydrogen-bond acceptors (Lipinski definition) is 4. The van der Waals surface area contributed by atoms with Crippen LogP contribution in [0.3, 0.4) is 0 Å². The summed E-state index contributed by atoms with van der Waals surface area (Å²) in [6.45, 7) is 2.40. The van der Waals surface area contributed by atoms with Crippen LogP contribution in [0.1, 0.15) is 44.2 Å². The lowest BCUT2D eigenvalue weighted by Gasteiger charge is -2.32. The van der Waals surface area contributed by atoms with Gasteiger partial charge in [-0.2, -0.15) is 0 Å². The molecular weight excluding hydrogens is 282 g/mol. The van der Waals surface area contributed by atoms with Gasteiger partial charge in [-0.1, -0.05) is 56.5 Å². The largest absolute Gasteiger partial charge is 0.447 e. The lowest BCUT2D eigenvalue weighted by atomic mass is 10.0. The molecule has 0 aliphatic carbocycles. The smallest absolute Gasteiger partial charge is 0.412 e. The molecule has 0 unspecified atom stereocenters. The maximum atomic E-state index is 12.1. The van der Waals surface area contributed by atoms with E-state index in [0.717, 1.165) is 24.8 Å². The lowest BCUT2D eigenvalue weighted by molar-refractivity contribution is -0.0970. The van der Waals surface area contributed by atoms with Crippen molar-refractivity contribution in [3.05, 3.63) is 35.9 Å². The minimum absolute atomic E-state index is 0.223. The highest BCUT2D eigenvalue weighted by Crippen LogP contribution is 2.31. The van der Waals surface area contributed by atoms with E-state index >= 15 is 0 Å². The number of unbranched alkanes of at least 4 members (excludes halogenated alkanes) is 2. The van der Waals surface area contributed by atoms with Crippen molar-refractivity contribution in [2.45, 2.75) is 51.0 Å². The Bertz CT molecular complexity index is 465. The van der Waals surface area contributed by atoms with E-state index in [9.17, 15) is 9.90 Å². The molecule has 122 valence electrons. The van der Waals surface area contributed by atoms with Gasteiger partial charge >= 0.3 is 6.09 Å². The van der Waals surface area contributed by atoms with Gasteiger partial charge in [-0.15, -0.1) is 0 Å². The first-order chi connectivity index (χ1) is 10.7. The summed E-state index contributed by atoms with van der Waals surface area (Å²) in [6, 6.07) is 9.47. The van der Waals surface area contributed by atoms with Crippen LogP contribution >= 0.6 is 0 Å². The number of methoxy groups -OCH3 is 1.